The van der Waals surface area contributed by atoms with Gasteiger partial charge in [-0.3, -0.25) is 10.2 Å². The van der Waals surface area contributed by atoms with Crippen LogP contribution in [0.2, 0.25) is 0 Å². The molecule has 1 saturated carbocycles. The molecule has 0 bridgehead atoms. The minimum Gasteiger partial charge on any atom is -0.461 e. The van der Waals surface area contributed by atoms with E-state index in [0.717, 1.165) is 55.7 Å². The van der Waals surface area contributed by atoms with Crippen LogP contribution >= 0.6 is 0 Å². The molecule has 5 heteroatoms. The van der Waals surface area contributed by atoms with Crippen molar-refractivity contribution in [3.05, 3.63) is 60.6 Å². The molecule has 0 saturated heterocycles. The van der Waals surface area contributed by atoms with Crippen LogP contribution < -0.4 is 16.2 Å². The molecule has 29 heavy (non-hydrogen) atoms. The van der Waals surface area contributed by atoms with E-state index in [1.807, 2.05) is 30.3 Å². The lowest BCUT2D eigenvalue weighted by Gasteiger charge is -2.28. The predicted octanol–water partition coefficient (Wildman–Crippen LogP) is 4.64. The Morgan fingerprint density at radius 2 is 1.72 bits per heavy atom. The SMILES string of the molecule is C=C(CC(C)(C)C)NNC(=C)NCC1CCC(C(=O)OCc2ccccc2)CC1. The van der Waals surface area contributed by atoms with Gasteiger partial charge < -0.3 is 15.5 Å². The normalized spacial score (nSPS) is 19.1. The number of ether oxygens (including phenoxy) is 1. The summed E-state index contributed by atoms with van der Waals surface area (Å²) in [5, 5.41) is 3.34. The number of nitrogens with one attached hydrogen (secondary N) is 3. The van der Waals surface area contributed by atoms with Crippen LogP contribution in [0.3, 0.4) is 0 Å². The maximum Gasteiger partial charge on any atom is 0.309 e. The van der Waals surface area contributed by atoms with E-state index in [2.05, 4.69) is 50.1 Å². The van der Waals surface area contributed by atoms with Crippen molar-refractivity contribution in [2.24, 2.45) is 17.3 Å². The van der Waals surface area contributed by atoms with Gasteiger partial charge in [0.15, 0.2) is 0 Å². The fraction of sp³-hybridized carbons (Fsp3) is 0.542. The number of esters is 1. The average molecular weight is 400 g/mol. The molecule has 0 aliphatic heterocycles. The Morgan fingerprint density at radius 3 is 2.34 bits per heavy atom. The van der Waals surface area contributed by atoms with E-state index >= 15 is 0 Å². The second-order valence-corrected chi connectivity index (χ2v) is 9.26. The summed E-state index contributed by atoms with van der Waals surface area (Å²) in [5.41, 5.74) is 8.35. The first kappa shape index (κ1) is 22.9. The molecule has 2 rings (SSSR count). The standard InChI is InChI=1S/C24H37N3O2/c1-18(15-24(3,4)5)26-27-19(2)25-16-20-11-13-22(14-12-20)23(28)29-17-21-9-7-6-8-10-21/h6-10,20,22,25-27H,1-2,11-17H2,3-5H3. The first-order valence-corrected chi connectivity index (χ1v) is 10.6. The Bertz CT molecular complexity index is 671. The minimum absolute atomic E-state index is 0.0266. The van der Waals surface area contributed by atoms with Gasteiger partial charge in [0.2, 0.25) is 0 Å². The highest BCUT2D eigenvalue weighted by atomic mass is 16.5. The smallest absolute Gasteiger partial charge is 0.309 e. The monoisotopic (exact) mass is 399 g/mol. The Kier molecular flexibility index (Phi) is 8.62. The fourth-order valence-corrected chi connectivity index (χ4v) is 3.61. The van der Waals surface area contributed by atoms with Crippen molar-refractivity contribution in [2.45, 2.75) is 59.5 Å². The largest absolute Gasteiger partial charge is 0.461 e. The lowest BCUT2D eigenvalue weighted by molar-refractivity contribution is -0.151. The highest BCUT2D eigenvalue weighted by Crippen LogP contribution is 2.29. The molecule has 0 heterocycles. The Hall–Kier alpha value is -2.43. The van der Waals surface area contributed by atoms with Crippen LogP contribution in [0.15, 0.2) is 55.0 Å². The summed E-state index contributed by atoms with van der Waals surface area (Å²) in [7, 11) is 0. The lowest BCUT2D eigenvalue weighted by atomic mass is 9.82. The number of benzene rings is 1. The van der Waals surface area contributed by atoms with E-state index in [-0.39, 0.29) is 17.3 Å². The van der Waals surface area contributed by atoms with Crippen molar-refractivity contribution in [1.29, 1.82) is 0 Å². The van der Waals surface area contributed by atoms with Gasteiger partial charge in [0.05, 0.1) is 5.92 Å². The quantitative estimate of drug-likeness (QED) is 0.395. The zero-order valence-corrected chi connectivity index (χ0v) is 18.2. The lowest BCUT2D eigenvalue weighted by Crippen LogP contribution is -2.38. The van der Waals surface area contributed by atoms with Crippen LogP contribution in [0.1, 0.15) is 58.4 Å². The van der Waals surface area contributed by atoms with Gasteiger partial charge in [0, 0.05) is 12.2 Å². The van der Waals surface area contributed by atoms with Crippen molar-refractivity contribution in [3.8, 4) is 0 Å². The second kappa shape index (κ2) is 10.9. The topological polar surface area (TPSA) is 62.4 Å². The summed E-state index contributed by atoms with van der Waals surface area (Å²) in [6.45, 7) is 15.8. The van der Waals surface area contributed by atoms with E-state index in [9.17, 15) is 4.79 Å². The number of rotatable bonds is 10. The number of allylic oxidation sites excluding steroid dienone is 1. The van der Waals surface area contributed by atoms with Crippen LogP contribution in [-0.4, -0.2) is 12.5 Å². The van der Waals surface area contributed by atoms with Crippen molar-refractivity contribution in [1.82, 2.24) is 16.2 Å². The van der Waals surface area contributed by atoms with Crippen molar-refractivity contribution in [3.63, 3.8) is 0 Å². The van der Waals surface area contributed by atoms with Crippen LogP contribution in [0, 0.1) is 17.3 Å². The molecule has 1 aliphatic rings. The molecule has 0 radical (unpaired) electrons. The summed E-state index contributed by atoms with van der Waals surface area (Å²) in [6.07, 6.45) is 4.71. The summed E-state index contributed by atoms with van der Waals surface area (Å²) in [4.78, 5) is 12.3. The number of hydrogen-bond donors (Lipinski definition) is 3. The number of hydrogen-bond acceptors (Lipinski definition) is 5. The summed E-state index contributed by atoms with van der Waals surface area (Å²) in [6, 6.07) is 9.83. The zero-order chi connectivity index (χ0) is 21.3. The van der Waals surface area contributed by atoms with E-state index in [4.69, 9.17) is 4.74 Å². The molecule has 0 unspecified atom stereocenters. The molecular formula is C24H37N3O2. The van der Waals surface area contributed by atoms with Gasteiger partial charge in [0.1, 0.15) is 12.4 Å². The third-order valence-corrected chi connectivity index (χ3v) is 5.14. The van der Waals surface area contributed by atoms with E-state index in [1.165, 1.54) is 0 Å². The summed E-state index contributed by atoms with van der Waals surface area (Å²) in [5.74, 6) is 1.25. The first-order chi connectivity index (χ1) is 13.7. The molecule has 1 aliphatic carbocycles. The Morgan fingerprint density at radius 1 is 1.07 bits per heavy atom. The highest BCUT2D eigenvalue weighted by molar-refractivity contribution is 5.72. The number of hydrazine groups is 1. The van der Waals surface area contributed by atoms with Gasteiger partial charge in [-0.05, 0) is 49.0 Å². The number of carbonyl (C=O) groups is 1. The van der Waals surface area contributed by atoms with Crippen molar-refractivity contribution in [2.75, 3.05) is 6.54 Å². The first-order valence-electron chi connectivity index (χ1n) is 10.6. The molecule has 1 aromatic carbocycles. The third kappa shape index (κ3) is 9.07. The third-order valence-electron chi connectivity index (χ3n) is 5.14. The molecule has 160 valence electrons. The average Bonchev–Trinajstić information content (AvgIpc) is 2.69. The van der Waals surface area contributed by atoms with Gasteiger partial charge in [-0.1, -0.05) is 64.3 Å². The fourth-order valence-electron chi connectivity index (χ4n) is 3.61. The van der Waals surface area contributed by atoms with Gasteiger partial charge in [0.25, 0.3) is 0 Å². The van der Waals surface area contributed by atoms with Gasteiger partial charge in [-0.25, -0.2) is 0 Å². The molecule has 0 amide bonds. The van der Waals surface area contributed by atoms with Crippen molar-refractivity contribution < 1.29 is 9.53 Å². The Balaban J connectivity index is 1.59. The zero-order valence-electron chi connectivity index (χ0n) is 18.2. The predicted molar refractivity (Wildman–Crippen MR) is 118 cm³/mol. The molecular weight excluding hydrogens is 362 g/mol. The van der Waals surface area contributed by atoms with Gasteiger partial charge in [-0.2, -0.15) is 0 Å². The molecule has 1 fully saturated rings. The molecule has 1 aromatic rings. The van der Waals surface area contributed by atoms with E-state index in [0.29, 0.717) is 12.5 Å². The van der Waals surface area contributed by atoms with Gasteiger partial charge >= 0.3 is 5.97 Å². The molecule has 0 aromatic heterocycles. The summed E-state index contributed by atoms with van der Waals surface area (Å²) >= 11 is 0. The molecule has 0 atom stereocenters. The van der Waals surface area contributed by atoms with E-state index in [1.54, 1.807) is 0 Å². The minimum atomic E-state index is -0.0621. The van der Waals surface area contributed by atoms with Crippen LogP contribution in [0.5, 0.6) is 0 Å². The highest BCUT2D eigenvalue weighted by Gasteiger charge is 2.27. The molecule has 0 spiro atoms. The number of carbonyl (C=O) groups excluding carboxylic acids is 1. The van der Waals surface area contributed by atoms with Crippen LogP contribution in [0.25, 0.3) is 0 Å². The maximum absolute atomic E-state index is 12.3. The summed E-state index contributed by atoms with van der Waals surface area (Å²) < 4.78 is 5.49. The maximum atomic E-state index is 12.3. The van der Waals surface area contributed by atoms with Crippen LogP contribution in [0.4, 0.5) is 0 Å². The van der Waals surface area contributed by atoms with Crippen molar-refractivity contribution >= 4 is 5.97 Å². The second-order valence-electron chi connectivity index (χ2n) is 9.26. The van der Waals surface area contributed by atoms with E-state index < -0.39 is 0 Å². The molecule has 5 nitrogen and oxygen atoms in total. The van der Waals surface area contributed by atoms with Gasteiger partial charge in [-0.15, -0.1) is 0 Å². The molecule has 3 N–H and O–H groups in total. The Labute approximate surface area is 176 Å². The van der Waals surface area contributed by atoms with Crippen LogP contribution in [-0.2, 0) is 16.1 Å².